The Bertz CT molecular complexity index is 846. The van der Waals surface area contributed by atoms with Crippen LogP contribution in [0.5, 0.6) is 11.5 Å². The molecular formula is C20H19NO3S2. The molecular weight excluding hydrogens is 366 g/mol. The summed E-state index contributed by atoms with van der Waals surface area (Å²) in [5.41, 5.74) is 0. The van der Waals surface area contributed by atoms with E-state index in [2.05, 4.69) is 17.5 Å². The number of hydrogen-bond donors (Lipinski definition) is 0. The molecule has 1 amide bonds. The van der Waals surface area contributed by atoms with E-state index in [0.717, 1.165) is 6.42 Å². The van der Waals surface area contributed by atoms with Crippen molar-refractivity contribution in [2.45, 2.75) is 19.1 Å². The van der Waals surface area contributed by atoms with Gasteiger partial charge in [-0.05, 0) is 41.4 Å². The molecule has 0 saturated heterocycles. The molecule has 0 spiro atoms. The number of carbonyl (C=O) groups is 1. The standard InChI is InChI=1S/C20H19NO3S2/c22-20(19-14-23-17-7-1-2-8-18(17)24-19)21(13-16-6-4-12-26-16)10-9-15-5-3-11-25-15/h1-8,11-12,19H,9-10,13-14H2/t19-/m0/s1. The fourth-order valence-electron chi connectivity index (χ4n) is 2.90. The van der Waals surface area contributed by atoms with Gasteiger partial charge in [0, 0.05) is 16.3 Å². The molecule has 4 rings (SSSR count). The Kier molecular flexibility index (Phi) is 5.22. The summed E-state index contributed by atoms with van der Waals surface area (Å²) in [5, 5.41) is 4.10. The van der Waals surface area contributed by atoms with Crippen molar-refractivity contribution in [3.63, 3.8) is 0 Å². The van der Waals surface area contributed by atoms with Crippen LogP contribution in [-0.4, -0.2) is 30.1 Å². The largest absolute Gasteiger partial charge is 0.485 e. The number of para-hydroxylation sites is 2. The number of ether oxygens (including phenoxy) is 2. The Morgan fingerprint density at radius 2 is 1.73 bits per heavy atom. The van der Waals surface area contributed by atoms with Gasteiger partial charge in [-0.15, -0.1) is 22.7 Å². The highest BCUT2D eigenvalue weighted by atomic mass is 32.1. The second-order valence-electron chi connectivity index (χ2n) is 6.03. The molecule has 1 aliphatic rings. The number of fused-ring (bicyclic) bond motifs is 1. The molecule has 4 nitrogen and oxygen atoms in total. The van der Waals surface area contributed by atoms with Gasteiger partial charge in [0.25, 0.3) is 5.91 Å². The fourth-order valence-corrected chi connectivity index (χ4v) is 4.32. The van der Waals surface area contributed by atoms with Crippen LogP contribution in [0.3, 0.4) is 0 Å². The number of rotatable bonds is 6. The number of benzene rings is 1. The fraction of sp³-hybridized carbons (Fsp3) is 0.250. The highest BCUT2D eigenvalue weighted by molar-refractivity contribution is 7.10. The topological polar surface area (TPSA) is 38.8 Å². The minimum Gasteiger partial charge on any atom is -0.485 e. The Morgan fingerprint density at radius 1 is 1.00 bits per heavy atom. The maximum atomic E-state index is 13.1. The van der Waals surface area contributed by atoms with Crippen LogP contribution in [-0.2, 0) is 17.8 Å². The van der Waals surface area contributed by atoms with Crippen LogP contribution in [0.2, 0.25) is 0 Å². The van der Waals surface area contributed by atoms with Crippen molar-refractivity contribution in [2.75, 3.05) is 13.2 Å². The van der Waals surface area contributed by atoms with Crippen molar-refractivity contribution >= 4 is 28.6 Å². The third-order valence-corrected chi connectivity index (χ3v) is 6.03. The summed E-state index contributed by atoms with van der Waals surface area (Å²) >= 11 is 3.38. The molecule has 26 heavy (non-hydrogen) atoms. The van der Waals surface area contributed by atoms with Gasteiger partial charge in [0.15, 0.2) is 11.5 Å². The molecule has 134 valence electrons. The van der Waals surface area contributed by atoms with E-state index < -0.39 is 6.10 Å². The predicted octanol–water partition coefficient (Wildman–Crippen LogP) is 4.22. The lowest BCUT2D eigenvalue weighted by molar-refractivity contribution is -0.141. The van der Waals surface area contributed by atoms with E-state index in [-0.39, 0.29) is 12.5 Å². The molecule has 0 aliphatic carbocycles. The van der Waals surface area contributed by atoms with Gasteiger partial charge in [0.1, 0.15) is 6.61 Å². The first-order chi connectivity index (χ1) is 12.8. The second kappa shape index (κ2) is 7.93. The average molecular weight is 386 g/mol. The molecule has 3 heterocycles. The van der Waals surface area contributed by atoms with Gasteiger partial charge in [-0.2, -0.15) is 0 Å². The van der Waals surface area contributed by atoms with Gasteiger partial charge in [0.2, 0.25) is 6.10 Å². The first-order valence-electron chi connectivity index (χ1n) is 8.51. The van der Waals surface area contributed by atoms with Crippen LogP contribution in [0.4, 0.5) is 0 Å². The summed E-state index contributed by atoms with van der Waals surface area (Å²) in [4.78, 5) is 17.5. The number of hydrogen-bond acceptors (Lipinski definition) is 5. The second-order valence-corrected chi connectivity index (χ2v) is 8.10. The number of amides is 1. The van der Waals surface area contributed by atoms with Crippen molar-refractivity contribution in [3.8, 4) is 11.5 Å². The first-order valence-corrected chi connectivity index (χ1v) is 10.3. The van der Waals surface area contributed by atoms with E-state index in [0.29, 0.717) is 24.6 Å². The number of thiophene rings is 2. The van der Waals surface area contributed by atoms with Crippen molar-refractivity contribution in [1.82, 2.24) is 4.90 Å². The molecule has 0 N–H and O–H groups in total. The van der Waals surface area contributed by atoms with Crippen LogP contribution in [0, 0.1) is 0 Å². The average Bonchev–Trinajstić information content (AvgIpc) is 3.38. The van der Waals surface area contributed by atoms with Crippen LogP contribution in [0.1, 0.15) is 9.75 Å². The van der Waals surface area contributed by atoms with E-state index in [9.17, 15) is 4.79 Å². The van der Waals surface area contributed by atoms with Crippen LogP contribution in [0.15, 0.2) is 59.3 Å². The molecule has 1 aliphatic heterocycles. The summed E-state index contributed by atoms with van der Waals surface area (Å²) in [7, 11) is 0. The van der Waals surface area contributed by atoms with Crippen molar-refractivity contribution in [1.29, 1.82) is 0 Å². The zero-order valence-corrected chi connectivity index (χ0v) is 15.8. The van der Waals surface area contributed by atoms with E-state index in [1.54, 1.807) is 22.7 Å². The summed E-state index contributed by atoms with van der Waals surface area (Å²) in [5.74, 6) is 1.30. The van der Waals surface area contributed by atoms with E-state index >= 15 is 0 Å². The maximum absolute atomic E-state index is 13.1. The number of nitrogens with zero attached hydrogens (tertiary/aromatic N) is 1. The normalized spacial score (nSPS) is 15.6. The van der Waals surface area contributed by atoms with E-state index in [1.807, 2.05) is 46.7 Å². The predicted molar refractivity (Wildman–Crippen MR) is 104 cm³/mol. The molecule has 3 aromatic rings. The van der Waals surface area contributed by atoms with E-state index in [1.165, 1.54) is 9.75 Å². The first kappa shape index (κ1) is 17.1. The zero-order chi connectivity index (χ0) is 17.8. The van der Waals surface area contributed by atoms with Gasteiger partial charge in [-0.25, -0.2) is 0 Å². The Labute approximate surface area is 160 Å². The maximum Gasteiger partial charge on any atom is 0.267 e. The molecule has 0 saturated carbocycles. The van der Waals surface area contributed by atoms with Crippen molar-refractivity contribution < 1.29 is 14.3 Å². The SMILES string of the molecule is O=C([C@@H]1COc2ccccc2O1)N(CCc1cccs1)Cc1cccs1. The molecule has 1 aromatic carbocycles. The molecule has 0 unspecified atom stereocenters. The molecule has 1 atom stereocenters. The van der Waals surface area contributed by atoms with Crippen molar-refractivity contribution in [2.24, 2.45) is 0 Å². The van der Waals surface area contributed by atoms with Crippen molar-refractivity contribution in [3.05, 3.63) is 69.0 Å². The third-order valence-electron chi connectivity index (χ3n) is 4.23. The van der Waals surface area contributed by atoms with Crippen LogP contribution < -0.4 is 9.47 Å². The Hall–Kier alpha value is -2.31. The van der Waals surface area contributed by atoms with Crippen LogP contribution in [0.25, 0.3) is 0 Å². The minimum absolute atomic E-state index is 0.0236. The summed E-state index contributed by atoms with van der Waals surface area (Å²) in [6.45, 7) is 1.51. The Balaban J connectivity index is 1.48. The minimum atomic E-state index is -0.604. The summed E-state index contributed by atoms with van der Waals surface area (Å²) in [6, 6.07) is 15.7. The lowest BCUT2D eigenvalue weighted by Gasteiger charge is -2.30. The molecule has 0 radical (unpaired) electrons. The molecule has 0 fully saturated rings. The smallest absolute Gasteiger partial charge is 0.267 e. The highest BCUT2D eigenvalue weighted by Crippen LogP contribution is 2.31. The third kappa shape index (κ3) is 3.92. The van der Waals surface area contributed by atoms with Gasteiger partial charge in [-0.3, -0.25) is 4.79 Å². The lowest BCUT2D eigenvalue weighted by atomic mass is 10.2. The van der Waals surface area contributed by atoms with Gasteiger partial charge >= 0.3 is 0 Å². The quantitative estimate of drug-likeness (QED) is 0.638. The monoisotopic (exact) mass is 385 g/mol. The van der Waals surface area contributed by atoms with Gasteiger partial charge in [-0.1, -0.05) is 24.3 Å². The molecule has 6 heteroatoms. The zero-order valence-electron chi connectivity index (χ0n) is 14.2. The lowest BCUT2D eigenvalue weighted by Crippen LogP contribution is -2.46. The molecule has 0 bridgehead atoms. The summed E-state index contributed by atoms with van der Waals surface area (Å²) in [6.07, 6.45) is 0.243. The van der Waals surface area contributed by atoms with Crippen LogP contribution >= 0.6 is 22.7 Å². The van der Waals surface area contributed by atoms with Gasteiger partial charge < -0.3 is 14.4 Å². The summed E-state index contributed by atoms with van der Waals surface area (Å²) < 4.78 is 11.6. The highest BCUT2D eigenvalue weighted by Gasteiger charge is 2.31. The van der Waals surface area contributed by atoms with E-state index in [4.69, 9.17) is 9.47 Å². The number of carbonyl (C=O) groups excluding carboxylic acids is 1. The van der Waals surface area contributed by atoms with Gasteiger partial charge in [0.05, 0.1) is 6.54 Å². The molecule has 2 aromatic heterocycles. The Morgan fingerprint density at radius 3 is 2.46 bits per heavy atom.